The number of nitrogens with two attached hydrogens (primary N) is 1. The lowest BCUT2D eigenvalue weighted by Gasteiger charge is -2.12. The SMILES string of the molecule is COc1ccc(-c2cc(C)nn2-c2ccc(S(N)(=O)=O)c(CO)c2)cc1C. The van der Waals surface area contributed by atoms with E-state index in [0.29, 0.717) is 5.69 Å². The number of methoxy groups -OCH3 is 1. The second-order valence-electron chi connectivity index (χ2n) is 6.26. The minimum Gasteiger partial charge on any atom is -0.496 e. The van der Waals surface area contributed by atoms with Crippen molar-refractivity contribution in [2.45, 2.75) is 25.3 Å². The van der Waals surface area contributed by atoms with E-state index in [1.165, 1.54) is 6.07 Å². The van der Waals surface area contributed by atoms with Gasteiger partial charge in [-0.3, -0.25) is 0 Å². The molecule has 142 valence electrons. The Hall–Kier alpha value is -2.68. The predicted molar refractivity (Wildman–Crippen MR) is 102 cm³/mol. The molecular formula is C19H21N3O4S. The number of rotatable bonds is 5. The lowest BCUT2D eigenvalue weighted by atomic mass is 10.1. The van der Waals surface area contributed by atoms with E-state index in [4.69, 9.17) is 9.88 Å². The molecule has 0 atom stereocenters. The molecule has 2 aromatic carbocycles. The quantitative estimate of drug-likeness (QED) is 0.698. The van der Waals surface area contributed by atoms with Gasteiger partial charge in [-0.1, -0.05) is 0 Å². The predicted octanol–water partition coefficient (Wildman–Crippen LogP) is 2.30. The highest BCUT2D eigenvalue weighted by Crippen LogP contribution is 2.29. The van der Waals surface area contributed by atoms with E-state index >= 15 is 0 Å². The lowest BCUT2D eigenvalue weighted by molar-refractivity contribution is 0.278. The number of sulfonamides is 1. The summed E-state index contributed by atoms with van der Waals surface area (Å²) in [6, 6.07) is 12.3. The van der Waals surface area contributed by atoms with Gasteiger partial charge in [0.1, 0.15) is 5.75 Å². The Morgan fingerprint density at radius 2 is 1.89 bits per heavy atom. The second kappa shape index (κ2) is 7.15. The van der Waals surface area contributed by atoms with Crippen molar-refractivity contribution in [2.24, 2.45) is 5.14 Å². The molecule has 0 fully saturated rings. The smallest absolute Gasteiger partial charge is 0.238 e. The third-order valence-electron chi connectivity index (χ3n) is 4.29. The maximum atomic E-state index is 11.7. The van der Waals surface area contributed by atoms with Gasteiger partial charge in [0.25, 0.3) is 0 Å². The third-order valence-corrected chi connectivity index (χ3v) is 5.30. The Labute approximate surface area is 158 Å². The molecule has 0 unspecified atom stereocenters. The first-order valence-electron chi connectivity index (χ1n) is 8.23. The maximum Gasteiger partial charge on any atom is 0.238 e. The molecule has 0 aliphatic carbocycles. The number of aromatic nitrogens is 2. The molecule has 0 saturated heterocycles. The van der Waals surface area contributed by atoms with Crippen LogP contribution in [-0.2, 0) is 16.6 Å². The highest BCUT2D eigenvalue weighted by molar-refractivity contribution is 7.89. The van der Waals surface area contributed by atoms with Gasteiger partial charge in [-0.15, -0.1) is 0 Å². The molecular weight excluding hydrogens is 366 g/mol. The summed E-state index contributed by atoms with van der Waals surface area (Å²) in [6.45, 7) is 3.39. The minimum absolute atomic E-state index is 0.0977. The van der Waals surface area contributed by atoms with Crippen LogP contribution < -0.4 is 9.88 Å². The summed E-state index contributed by atoms with van der Waals surface area (Å²) in [7, 11) is -2.29. The molecule has 0 amide bonds. The second-order valence-corrected chi connectivity index (χ2v) is 7.79. The first-order valence-corrected chi connectivity index (χ1v) is 9.78. The van der Waals surface area contributed by atoms with Gasteiger partial charge in [-0.2, -0.15) is 5.10 Å². The van der Waals surface area contributed by atoms with Crippen LogP contribution in [0.3, 0.4) is 0 Å². The fourth-order valence-electron chi connectivity index (χ4n) is 3.04. The van der Waals surface area contributed by atoms with E-state index in [9.17, 15) is 13.5 Å². The van der Waals surface area contributed by atoms with Crippen molar-refractivity contribution < 1.29 is 18.3 Å². The minimum atomic E-state index is -3.92. The Bertz CT molecular complexity index is 1100. The van der Waals surface area contributed by atoms with Crippen molar-refractivity contribution in [2.75, 3.05) is 7.11 Å². The zero-order valence-corrected chi connectivity index (χ0v) is 16.1. The maximum absolute atomic E-state index is 11.7. The number of primary sulfonamides is 1. The van der Waals surface area contributed by atoms with Crippen molar-refractivity contribution in [1.82, 2.24) is 9.78 Å². The summed E-state index contributed by atoms with van der Waals surface area (Å²) in [6.07, 6.45) is 0. The molecule has 0 spiro atoms. The molecule has 0 aliphatic rings. The van der Waals surface area contributed by atoms with Crippen LogP contribution in [0.5, 0.6) is 5.75 Å². The van der Waals surface area contributed by atoms with E-state index < -0.39 is 16.6 Å². The summed E-state index contributed by atoms with van der Waals surface area (Å²) in [4.78, 5) is -0.0977. The first kappa shape index (κ1) is 19.1. The largest absolute Gasteiger partial charge is 0.496 e. The summed E-state index contributed by atoms with van der Waals surface area (Å²) in [5, 5.41) is 19.3. The summed E-state index contributed by atoms with van der Waals surface area (Å²) in [5.74, 6) is 0.793. The average molecular weight is 387 g/mol. The van der Waals surface area contributed by atoms with Gasteiger partial charge in [-0.05, 0) is 67.4 Å². The molecule has 0 saturated carbocycles. The number of hydrogen-bond donors (Lipinski definition) is 2. The number of aliphatic hydroxyl groups excluding tert-OH is 1. The van der Waals surface area contributed by atoms with E-state index in [0.717, 1.165) is 28.3 Å². The number of aryl methyl sites for hydroxylation is 2. The third kappa shape index (κ3) is 3.73. The first-order chi connectivity index (χ1) is 12.7. The van der Waals surface area contributed by atoms with Crippen molar-refractivity contribution in [3.05, 3.63) is 59.3 Å². The highest BCUT2D eigenvalue weighted by atomic mass is 32.2. The van der Waals surface area contributed by atoms with E-state index in [1.807, 2.05) is 38.1 Å². The molecule has 1 heterocycles. The van der Waals surface area contributed by atoms with Crippen molar-refractivity contribution >= 4 is 10.0 Å². The van der Waals surface area contributed by atoms with Crippen LogP contribution >= 0.6 is 0 Å². The van der Waals surface area contributed by atoms with Crippen LogP contribution in [0.15, 0.2) is 47.4 Å². The van der Waals surface area contributed by atoms with E-state index in [-0.39, 0.29) is 10.5 Å². The van der Waals surface area contributed by atoms with Crippen LogP contribution in [0.2, 0.25) is 0 Å². The van der Waals surface area contributed by atoms with Gasteiger partial charge in [-0.25, -0.2) is 18.2 Å². The van der Waals surface area contributed by atoms with Crippen molar-refractivity contribution in [1.29, 1.82) is 0 Å². The summed E-state index contributed by atoms with van der Waals surface area (Å²) >= 11 is 0. The monoisotopic (exact) mass is 387 g/mol. The van der Waals surface area contributed by atoms with Gasteiger partial charge in [0.15, 0.2) is 0 Å². The molecule has 3 aromatic rings. The molecule has 0 aliphatic heterocycles. The molecule has 8 heteroatoms. The Kier molecular flexibility index (Phi) is 5.05. The van der Waals surface area contributed by atoms with Gasteiger partial charge >= 0.3 is 0 Å². The fourth-order valence-corrected chi connectivity index (χ4v) is 3.79. The summed E-state index contributed by atoms with van der Waals surface area (Å²) < 4.78 is 30.4. The summed E-state index contributed by atoms with van der Waals surface area (Å²) in [5.41, 5.74) is 4.42. The molecule has 0 radical (unpaired) electrons. The molecule has 1 aromatic heterocycles. The lowest BCUT2D eigenvalue weighted by Crippen LogP contribution is -2.15. The van der Waals surface area contributed by atoms with E-state index in [2.05, 4.69) is 5.10 Å². The Morgan fingerprint density at radius 3 is 2.48 bits per heavy atom. The van der Waals surface area contributed by atoms with Gasteiger partial charge < -0.3 is 9.84 Å². The molecule has 0 bridgehead atoms. The zero-order chi connectivity index (χ0) is 19.8. The number of benzene rings is 2. The standard InChI is InChI=1S/C19H21N3O4S/c1-12-8-14(4-6-18(12)26-3)17-9-13(2)21-22(17)16-5-7-19(27(20,24)25)15(10-16)11-23/h4-10,23H,11H2,1-3H3,(H2,20,24,25). The fraction of sp³-hybridized carbons (Fsp3) is 0.211. The van der Waals surface area contributed by atoms with Crippen molar-refractivity contribution in [3.63, 3.8) is 0 Å². The van der Waals surface area contributed by atoms with Gasteiger partial charge in [0, 0.05) is 5.56 Å². The molecule has 27 heavy (non-hydrogen) atoms. The van der Waals surface area contributed by atoms with Gasteiger partial charge in [0.2, 0.25) is 10.0 Å². The topological polar surface area (TPSA) is 107 Å². The van der Waals surface area contributed by atoms with Crippen LogP contribution in [0, 0.1) is 13.8 Å². The number of ether oxygens (including phenoxy) is 1. The molecule has 3 N–H and O–H groups in total. The van der Waals surface area contributed by atoms with Crippen molar-refractivity contribution in [3.8, 4) is 22.7 Å². The molecule has 7 nitrogen and oxygen atoms in total. The number of hydrogen-bond acceptors (Lipinski definition) is 5. The van der Waals surface area contributed by atoms with E-state index in [1.54, 1.807) is 23.9 Å². The van der Waals surface area contributed by atoms with Crippen LogP contribution in [-0.4, -0.2) is 30.4 Å². The van der Waals surface area contributed by atoms with Crippen LogP contribution in [0.4, 0.5) is 0 Å². The van der Waals surface area contributed by atoms with Gasteiger partial charge in [0.05, 0.1) is 35.7 Å². The normalized spacial score (nSPS) is 11.6. The molecule has 3 rings (SSSR count). The number of nitrogens with zero attached hydrogens (tertiary/aromatic N) is 2. The van der Waals surface area contributed by atoms with Crippen LogP contribution in [0.25, 0.3) is 16.9 Å². The Morgan fingerprint density at radius 1 is 1.15 bits per heavy atom. The average Bonchev–Trinajstić information content (AvgIpc) is 3.02. The highest BCUT2D eigenvalue weighted by Gasteiger charge is 2.17. The van der Waals surface area contributed by atoms with Crippen LogP contribution in [0.1, 0.15) is 16.8 Å². The Balaban J connectivity index is 2.16. The zero-order valence-electron chi connectivity index (χ0n) is 15.3. The number of aliphatic hydroxyl groups is 1.